The van der Waals surface area contributed by atoms with Crippen LogP contribution in [0.25, 0.3) is 55.2 Å². The molecule has 0 saturated carbocycles. The SMILES string of the molecule is C=C(CCCOC(=O)C=Cc1c2ccccc2cc2ccccc12)C(=O)O.CCCCC(=Cc1cccc2cc3ccccc3c(C=N)c12)C(=O)O. The Morgan fingerprint density at radius 3 is 1.83 bits per heavy atom. The number of carboxylic acid groups (broad SMARTS) is 2. The number of benzene rings is 6. The first kappa shape index (κ1) is 36.9. The number of rotatable bonds is 13. The second-order valence-electron chi connectivity index (χ2n) is 12.4. The molecule has 0 aliphatic carbocycles. The molecule has 0 radical (unpaired) electrons. The molecule has 0 heterocycles. The molecule has 262 valence electrons. The number of nitrogens with one attached hydrogen (secondary N) is 1. The lowest BCUT2D eigenvalue weighted by Crippen LogP contribution is -2.05. The predicted molar refractivity (Wildman–Crippen MR) is 212 cm³/mol. The third kappa shape index (κ3) is 8.87. The first-order valence-electron chi connectivity index (χ1n) is 17.3. The minimum Gasteiger partial charge on any atom is -0.478 e. The first-order valence-corrected chi connectivity index (χ1v) is 17.3. The molecule has 7 nitrogen and oxygen atoms in total. The van der Waals surface area contributed by atoms with Gasteiger partial charge in [0.15, 0.2) is 0 Å². The Balaban J connectivity index is 0.000000202. The van der Waals surface area contributed by atoms with Gasteiger partial charge in [-0.2, -0.15) is 0 Å². The lowest BCUT2D eigenvalue weighted by molar-refractivity contribution is -0.137. The van der Waals surface area contributed by atoms with E-state index in [4.69, 9.17) is 15.3 Å². The van der Waals surface area contributed by atoms with E-state index in [0.717, 1.165) is 72.6 Å². The number of carbonyl (C=O) groups is 3. The van der Waals surface area contributed by atoms with Crippen molar-refractivity contribution < 1.29 is 29.3 Å². The fraction of sp³-hybridized carbons (Fsp3) is 0.156. The molecular formula is C45H41NO6. The highest BCUT2D eigenvalue weighted by atomic mass is 16.5. The summed E-state index contributed by atoms with van der Waals surface area (Å²) in [5, 5.41) is 34.6. The van der Waals surface area contributed by atoms with Crippen LogP contribution < -0.4 is 0 Å². The quantitative estimate of drug-likeness (QED) is 0.0364. The van der Waals surface area contributed by atoms with Gasteiger partial charge in [0.2, 0.25) is 0 Å². The number of hydrogen-bond donors (Lipinski definition) is 3. The maximum Gasteiger partial charge on any atom is 0.331 e. The van der Waals surface area contributed by atoms with Crippen LogP contribution in [0.5, 0.6) is 0 Å². The fourth-order valence-corrected chi connectivity index (χ4v) is 6.25. The Hall–Kier alpha value is -6.34. The van der Waals surface area contributed by atoms with Gasteiger partial charge in [0.1, 0.15) is 0 Å². The maximum atomic E-state index is 12.0. The highest BCUT2D eigenvalue weighted by molar-refractivity contribution is 6.15. The van der Waals surface area contributed by atoms with E-state index in [0.29, 0.717) is 24.8 Å². The van der Waals surface area contributed by atoms with E-state index in [-0.39, 0.29) is 12.2 Å². The Kier molecular flexibility index (Phi) is 12.5. The molecule has 0 aliphatic rings. The number of hydrogen-bond acceptors (Lipinski definition) is 5. The molecule has 0 aliphatic heterocycles. The van der Waals surface area contributed by atoms with Gasteiger partial charge in [-0.25, -0.2) is 14.4 Å². The molecular weight excluding hydrogens is 650 g/mol. The molecule has 0 aromatic heterocycles. The van der Waals surface area contributed by atoms with E-state index in [1.54, 1.807) is 12.2 Å². The topological polar surface area (TPSA) is 125 Å². The summed E-state index contributed by atoms with van der Waals surface area (Å²) in [6.45, 7) is 5.66. The lowest BCUT2D eigenvalue weighted by Gasteiger charge is -2.11. The summed E-state index contributed by atoms with van der Waals surface area (Å²) < 4.78 is 5.16. The van der Waals surface area contributed by atoms with Crippen LogP contribution in [0.1, 0.15) is 55.7 Å². The highest BCUT2D eigenvalue weighted by Crippen LogP contribution is 2.32. The Labute approximate surface area is 302 Å². The minimum absolute atomic E-state index is 0.115. The van der Waals surface area contributed by atoms with Gasteiger partial charge in [-0.05, 0) is 104 Å². The lowest BCUT2D eigenvalue weighted by atomic mass is 9.92. The van der Waals surface area contributed by atoms with Gasteiger partial charge in [-0.15, -0.1) is 0 Å². The number of fused-ring (bicyclic) bond motifs is 4. The van der Waals surface area contributed by atoms with Crippen molar-refractivity contribution in [2.75, 3.05) is 6.61 Å². The molecule has 0 spiro atoms. The Morgan fingerprint density at radius 2 is 1.27 bits per heavy atom. The van der Waals surface area contributed by atoms with Crippen molar-refractivity contribution in [2.24, 2.45) is 0 Å². The van der Waals surface area contributed by atoms with Crippen LogP contribution in [0.2, 0.25) is 0 Å². The fourth-order valence-electron chi connectivity index (χ4n) is 6.25. The number of unbranched alkanes of at least 4 members (excludes halogenated alkanes) is 1. The Morgan fingerprint density at radius 1 is 0.712 bits per heavy atom. The van der Waals surface area contributed by atoms with Gasteiger partial charge >= 0.3 is 17.9 Å². The van der Waals surface area contributed by atoms with Gasteiger partial charge in [0.25, 0.3) is 0 Å². The number of ether oxygens (including phenoxy) is 1. The third-order valence-electron chi connectivity index (χ3n) is 8.88. The summed E-state index contributed by atoms with van der Waals surface area (Å²) >= 11 is 0. The molecule has 0 bridgehead atoms. The number of carbonyl (C=O) groups excluding carboxylic acids is 1. The monoisotopic (exact) mass is 691 g/mol. The summed E-state index contributed by atoms with van der Waals surface area (Å²) in [4.78, 5) is 34.3. The predicted octanol–water partition coefficient (Wildman–Crippen LogP) is 10.6. The summed E-state index contributed by atoms with van der Waals surface area (Å²) in [5.74, 6) is -2.35. The largest absolute Gasteiger partial charge is 0.478 e. The third-order valence-corrected chi connectivity index (χ3v) is 8.88. The highest BCUT2D eigenvalue weighted by Gasteiger charge is 2.12. The summed E-state index contributed by atoms with van der Waals surface area (Å²) in [5.41, 5.74) is 3.19. The zero-order valence-corrected chi connectivity index (χ0v) is 29.1. The molecule has 52 heavy (non-hydrogen) atoms. The van der Waals surface area contributed by atoms with Crippen LogP contribution in [0.4, 0.5) is 0 Å². The molecule has 0 unspecified atom stereocenters. The second-order valence-corrected chi connectivity index (χ2v) is 12.4. The van der Waals surface area contributed by atoms with E-state index in [9.17, 15) is 19.5 Å². The van der Waals surface area contributed by atoms with Crippen LogP contribution in [0.3, 0.4) is 0 Å². The van der Waals surface area contributed by atoms with Gasteiger partial charge in [0.05, 0.1) is 6.61 Å². The van der Waals surface area contributed by atoms with Crippen molar-refractivity contribution in [1.29, 1.82) is 5.41 Å². The van der Waals surface area contributed by atoms with Crippen molar-refractivity contribution in [2.45, 2.75) is 39.0 Å². The molecule has 7 heteroatoms. The second kappa shape index (κ2) is 17.5. The summed E-state index contributed by atoms with van der Waals surface area (Å²) in [6, 6.07) is 34.2. The molecule has 0 atom stereocenters. The van der Waals surface area contributed by atoms with Gasteiger partial charge < -0.3 is 20.4 Å². The summed E-state index contributed by atoms with van der Waals surface area (Å²) in [6.07, 6.45) is 9.41. The van der Waals surface area contributed by atoms with Crippen LogP contribution in [0, 0.1) is 5.41 Å². The molecule has 0 fully saturated rings. The van der Waals surface area contributed by atoms with Crippen LogP contribution >= 0.6 is 0 Å². The Bertz CT molecular complexity index is 2310. The zero-order chi connectivity index (χ0) is 37.0. The normalized spacial score (nSPS) is 11.4. The smallest absolute Gasteiger partial charge is 0.331 e. The van der Waals surface area contributed by atoms with E-state index < -0.39 is 17.9 Å². The van der Waals surface area contributed by atoms with E-state index >= 15 is 0 Å². The average molecular weight is 692 g/mol. The average Bonchev–Trinajstić information content (AvgIpc) is 3.15. The van der Waals surface area contributed by atoms with Crippen LogP contribution in [0.15, 0.2) is 127 Å². The zero-order valence-electron chi connectivity index (χ0n) is 29.1. The number of esters is 1. The van der Waals surface area contributed by atoms with Crippen LogP contribution in [-0.4, -0.2) is 40.9 Å². The minimum atomic E-state index is -1.02. The van der Waals surface area contributed by atoms with Gasteiger partial charge in [-0.3, -0.25) is 0 Å². The summed E-state index contributed by atoms with van der Waals surface area (Å²) in [7, 11) is 0. The van der Waals surface area contributed by atoms with Gasteiger partial charge in [0, 0.05) is 29.0 Å². The van der Waals surface area contributed by atoms with Crippen molar-refractivity contribution in [1.82, 2.24) is 0 Å². The molecule has 6 aromatic rings. The molecule has 0 amide bonds. The van der Waals surface area contributed by atoms with Crippen LogP contribution in [-0.2, 0) is 19.1 Å². The molecule has 6 rings (SSSR count). The number of carboxylic acids is 2. The van der Waals surface area contributed by atoms with E-state index in [2.05, 4.69) is 25.6 Å². The van der Waals surface area contributed by atoms with Gasteiger partial charge in [-0.1, -0.05) is 111 Å². The molecule has 0 saturated heterocycles. The van der Waals surface area contributed by atoms with E-state index in [1.807, 2.05) is 91.0 Å². The first-order chi connectivity index (χ1) is 25.2. The standard InChI is InChI=1S/C23H20O4.C22H21NO2/c1-16(23(25)26)7-6-14-27-22(24)13-12-21-19-10-4-2-8-17(19)15-18-9-3-5-11-20(18)21;1-2-3-7-18(22(24)25)13-17-10-6-9-16-12-15-8-4-5-11-19(15)20(14-23)21(16)17/h2-5,8-13,15H,1,6-7,14H2,(H,25,26);4-6,8-14,23H,2-3,7H2,1H3,(H,24,25). The van der Waals surface area contributed by atoms with Crippen molar-refractivity contribution in [3.8, 4) is 0 Å². The maximum absolute atomic E-state index is 12.0. The van der Waals surface area contributed by atoms with Crippen molar-refractivity contribution in [3.63, 3.8) is 0 Å². The molecule has 6 aromatic carbocycles. The molecule has 3 N–H and O–H groups in total. The number of aliphatic carboxylic acids is 2. The van der Waals surface area contributed by atoms with Crippen molar-refractivity contribution in [3.05, 3.63) is 144 Å². The van der Waals surface area contributed by atoms with Crippen molar-refractivity contribution >= 4 is 79.4 Å². The van der Waals surface area contributed by atoms with E-state index in [1.165, 1.54) is 12.3 Å².